The molecule has 1 fully saturated rings. The Kier molecular flexibility index (Phi) is 4.01. The summed E-state index contributed by atoms with van der Waals surface area (Å²) in [6.45, 7) is 1.53. The lowest BCUT2D eigenvalue weighted by atomic mass is 10.1. The number of amides is 1. The van der Waals surface area contributed by atoms with Crippen LogP contribution >= 0.6 is 11.8 Å². The number of nitrogens with zero attached hydrogens (tertiary/aromatic N) is 3. The van der Waals surface area contributed by atoms with E-state index in [9.17, 15) is 4.79 Å². The molecule has 1 atom stereocenters. The fourth-order valence-corrected chi connectivity index (χ4v) is 3.40. The van der Waals surface area contributed by atoms with Gasteiger partial charge in [0.25, 0.3) is 0 Å². The first-order valence-electron chi connectivity index (χ1n) is 6.68. The number of likely N-dealkylation sites (tertiary alicyclic amines) is 1. The average Bonchev–Trinajstić information content (AvgIpc) is 2.97. The Bertz CT molecular complexity index is 558. The predicted molar refractivity (Wildman–Crippen MR) is 77.1 cm³/mol. The summed E-state index contributed by atoms with van der Waals surface area (Å²) >= 11 is 1.50. The van der Waals surface area contributed by atoms with E-state index in [0.717, 1.165) is 24.4 Å². The topological polar surface area (TPSA) is 61.9 Å². The molecule has 5 nitrogen and oxygen atoms in total. The van der Waals surface area contributed by atoms with Gasteiger partial charge in [0.2, 0.25) is 5.91 Å². The minimum Gasteiger partial charge on any atom is -0.337 e. The number of benzene rings is 1. The predicted octanol–water partition coefficient (Wildman–Crippen LogP) is 2.09. The Morgan fingerprint density at radius 2 is 2.20 bits per heavy atom. The van der Waals surface area contributed by atoms with Crippen molar-refractivity contribution in [2.75, 3.05) is 6.54 Å². The normalized spacial score (nSPS) is 19.3. The van der Waals surface area contributed by atoms with Crippen molar-refractivity contribution in [1.29, 1.82) is 0 Å². The molecule has 1 aliphatic rings. The van der Waals surface area contributed by atoms with Crippen LogP contribution in [0.5, 0.6) is 0 Å². The molecule has 1 aromatic carbocycles. The highest BCUT2D eigenvalue weighted by Gasteiger charge is 2.30. The van der Waals surface area contributed by atoms with E-state index in [0.29, 0.717) is 6.54 Å². The molecule has 0 spiro atoms. The first kappa shape index (κ1) is 13.2. The van der Waals surface area contributed by atoms with E-state index in [1.54, 1.807) is 6.20 Å². The van der Waals surface area contributed by atoms with Gasteiger partial charge in [0.15, 0.2) is 0 Å². The zero-order valence-electron chi connectivity index (χ0n) is 11.0. The highest BCUT2D eigenvalue weighted by Crippen LogP contribution is 2.29. The number of hydrogen-bond acceptors (Lipinski definition) is 4. The van der Waals surface area contributed by atoms with Crippen molar-refractivity contribution >= 4 is 17.7 Å². The second-order valence-electron chi connectivity index (χ2n) is 4.80. The van der Waals surface area contributed by atoms with Crippen molar-refractivity contribution in [2.24, 2.45) is 0 Å². The summed E-state index contributed by atoms with van der Waals surface area (Å²) in [5.41, 5.74) is 1.17. The summed E-state index contributed by atoms with van der Waals surface area (Å²) in [7, 11) is 0. The van der Waals surface area contributed by atoms with Crippen LogP contribution in [-0.2, 0) is 11.3 Å². The van der Waals surface area contributed by atoms with Crippen LogP contribution in [0.25, 0.3) is 0 Å². The van der Waals surface area contributed by atoms with E-state index in [2.05, 4.69) is 27.5 Å². The van der Waals surface area contributed by atoms with E-state index in [-0.39, 0.29) is 11.2 Å². The number of carbonyl (C=O) groups is 1. The fraction of sp³-hybridized carbons (Fsp3) is 0.357. The van der Waals surface area contributed by atoms with Crippen LogP contribution in [-0.4, -0.2) is 38.0 Å². The molecule has 20 heavy (non-hydrogen) atoms. The van der Waals surface area contributed by atoms with Crippen molar-refractivity contribution in [3.63, 3.8) is 0 Å². The van der Waals surface area contributed by atoms with Gasteiger partial charge in [0.1, 0.15) is 5.03 Å². The third kappa shape index (κ3) is 3.01. The number of piperidine rings is 1. The minimum absolute atomic E-state index is 0.0439. The standard InChI is InChI=1S/C14H16N4OS/c19-14-12(20-13-9-15-17-16-13)7-4-8-18(14)10-11-5-2-1-3-6-11/h1-3,5-6,9,12H,4,7-8,10H2,(H,15,16,17). The number of H-pyrrole nitrogens is 1. The lowest BCUT2D eigenvalue weighted by Crippen LogP contribution is -2.42. The Labute approximate surface area is 121 Å². The molecular formula is C14H16N4OS. The van der Waals surface area contributed by atoms with Gasteiger partial charge in [-0.2, -0.15) is 10.3 Å². The van der Waals surface area contributed by atoms with Gasteiger partial charge in [-0.05, 0) is 18.4 Å². The first-order valence-corrected chi connectivity index (χ1v) is 7.56. The van der Waals surface area contributed by atoms with Gasteiger partial charge in [0, 0.05) is 13.1 Å². The Morgan fingerprint density at radius 3 is 2.95 bits per heavy atom. The molecule has 1 saturated heterocycles. The number of aromatic nitrogens is 3. The lowest BCUT2D eigenvalue weighted by Gasteiger charge is -2.31. The zero-order chi connectivity index (χ0) is 13.8. The molecule has 0 aliphatic carbocycles. The van der Waals surface area contributed by atoms with E-state index in [4.69, 9.17) is 0 Å². The maximum absolute atomic E-state index is 12.5. The van der Waals surface area contributed by atoms with Crippen molar-refractivity contribution < 1.29 is 4.79 Å². The van der Waals surface area contributed by atoms with Gasteiger partial charge < -0.3 is 4.90 Å². The first-order chi connectivity index (χ1) is 9.83. The average molecular weight is 288 g/mol. The molecule has 1 N–H and O–H groups in total. The quantitative estimate of drug-likeness (QED) is 0.935. The molecule has 1 aliphatic heterocycles. The Morgan fingerprint density at radius 1 is 1.35 bits per heavy atom. The summed E-state index contributed by atoms with van der Waals surface area (Å²) in [5.74, 6) is 0.202. The maximum Gasteiger partial charge on any atom is 0.236 e. The van der Waals surface area contributed by atoms with Gasteiger partial charge in [-0.25, -0.2) is 0 Å². The van der Waals surface area contributed by atoms with Gasteiger partial charge in [0.05, 0.1) is 11.4 Å². The minimum atomic E-state index is -0.0439. The number of thioether (sulfide) groups is 1. The largest absolute Gasteiger partial charge is 0.337 e. The molecule has 2 aromatic rings. The third-order valence-electron chi connectivity index (χ3n) is 3.35. The molecule has 3 rings (SSSR count). The van der Waals surface area contributed by atoms with E-state index in [1.165, 1.54) is 17.3 Å². The number of rotatable bonds is 4. The van der Waals surface area contributed by atoms with Crippen LogP contribution in [0.15, 0.2) is 41.6 Å². The maximum atomic E-state index is 12.5. The smallest absolute Gasteiger partial charge is 0.236 e. The molecule has 0 saturated carbocycles. The monoisotopic (exact) mass is 288 g/mol. The summed E-state index contributed by atoms with van der Waals surface area (Å²) < 4.78 is 0. The Hall–Kier alpha value is -1.82. The summed E-state index contributed by atoms with van der Waals surface area (Å²) in [6.07, 6.45) is 3.60. The van der Waals surface area contributed by atoms with E-state index < -0.39 is 0 Å². The molecule has 6 heteroatoms. The van der Waals surface area contributed by atoms with Crippen LogP contribution in [0.4, 0.5) is 0 Å². The second-order valence-corrected chi connectivity index (χ2v) is 6.03. The number of aromatic amines is 1. The van der Waals surface area contributed by atoms with Crippen molar-refractivity contribution in [3.8, 4) is 0 Å². The zero-order valence-corrected chi connectivity index (χ0v) is 11.8. The molecule has 1 unspecified atom stereocenters. The van der Waals surface area contributed by atoms with Crippen molar-refractivity contribution in [1.82, 2.24) is 20.3 Å². The van der Waals surface area contributed by atoms with Gasteiger partial charge in [-0.15, -0.1) is 5.10 Å². The third-order valence-corrected chi connectivity index (χ3v) is 4.51. The van der Waals surface area contributed by atoms with Gasteiger partial charge >= 0.3 is 0 Å². The van der Waals surface area contributed by atoms with Crippen LogP contribution in [0.1, 0.15) is 18.4 Å². The van der Waals surface area contributed by atoms with Crippen LogP contribution < -0.4 is 0 Å². The number of hydrogen-bond donors (Lipinski definition) is 1. The summed E-state index contributed by atoms with van der Waals surface area (Å²) in [5, 5.41) is 11.1. The van der Waals surface area contributed by atoms with Crippen molar-refractivity contribution in [3.05, 3.63) is 42.1 Å². The SMILES string of the molecule is O=C1C(Sc2cn[nH]n2)CCCN1Cc1ccccc1. The van der Waals surface area contributed by atoms with Gasteiger partial charge in [-0.3, -0.25) is 4.79 Å². The highest BCUT2D eigenvalue weighted by atomic mass is 32.2. The molecule has 104 valence electrons. The number of nitrogens with one attached hydrogen (secondary N) is 1. The molecule has 1 amide bonds. The summed E-state index contributed by atoms with van der Waals surface area (Å²) in [6, 6.07) is 10.1. The van der Waals surface area contributed by atoms with Crippen LogP contribution in [0.2, 0.25) is 0 Å². The van der Waals surface area contributed by atoms with Gasteiger partial charge in [-0.1, -0.05) is 42.1 Å². The van der Waals surface area contributed by atoms with E-state index in [1.807, 2.05) is 23.1 Å². The molecule has 0 radical (unpaired) electrons. The summed E-state index contributed by atoms with van der Waals surface area (Å²) in [4.78, 5) is 14.4. The lowest BCUT2D eigenvalue weighted by molar-refractivity contribution is -0.133. The fourth-order valence-electron chi connectivity index (χ4n) is 2.37. The highest BCUT2D eigenvalue weighted by molar-refractivity contribution is 8.00. The molecule has 2 heterocycles. The number of carbonyl (C=O) groups excluding carboxylic acids is 1. The van der Waals surface area contributed by atoms with Crippen molar-refractivity contribution in [2.45, 2.75) is 29.7 Å². The Balaban J connectivity index is 1.66. The van der Waals surface area contributed by atoms with Crippen LogP contribution in [0.3, 0.4) is 0 Å². The second kappa shape index (κ2) is 6.09. The van der Waals surface area contributed by atoms with E-state index >= 15 is 0 Å². The molecule has 1 aromatic heterocycles. The molecular weight excluding hydrogens is 272 g/mol. The van der Waals surface area contributed by atoms with Crippen LogP contribution in [0, 0.1) is 0 Å². The molecule has 0 bridgehead atoms.